The number of rotatable bonds is 1. The van der Waals surface area contributed by atoms with Gasteiger partial charge >= 0.3 is 0 Å². The number of halogens is 2. The van der Waals surface area contributed by atoms with Gasteiger partial charge in [-0.15, -0.1) is 0 Å². The average Bonchev–Trinajstić information content (AvgIpc) is 2.88. The van der Waals surface area contributed by atoms with Crippen molar-refractivity contribution in [3.8, 4) is 5.75 Å². The lowest BCUT2D eigenvalue weighted by molar-refractivity contribution is -0.115. The molecule has 4 heteroatoms. The number of ketones is 1. The summed E-state index contributed by atoms with van der Waals surface area (Å²) in [6.07, 6.45) is 3.69. The lowest BCUT2D eigenvalue weighted by Crippen LogP contribution is -2.30. The van der Waals surface area contributed by atoms with Crippen LogP contribution in [0.15, 0.2) is 42.5 Å². The van der Waals surface area contributed by atoms with Gasteiger partial charge in [-0.3, -0.25) is 4.79 Å². The number of hydrogen-bond acceptors (Lipinski definition) is 2. The van der Waals surface area contributed by atoms with Crippen LogP contribution in [0, 0.1) is 0 Å². The van der Waals surface area contributed by atoms with Crippen LogP contribution in [-0.4, -0.2) is 10.9 Å². The van der Waals surface area contributed by atoms with E-state index in [1.165, 1.54) is 5.56 Å². The maximum Gasteiger partial charge on any atom is 0.156 e. The van der Waals surface area contributed by atoms with Crippen molar-refractivity contribution in [1.82, 2.24) is 0 Å². The third kappa shape index (κ3) is 2.05. The summed E-state index contributed by atoms with van der Waals surface area (Å²) in [5, 5.41) is 10.5. The topological polar surface area (TPSA) is 37.3 Å². The minimum Gasteiger partial charge on any atom is -0.506 e. The molecule has 2 aromatic rings. The number of carbonyl (C=O) groups is 1. The summed E-state index contributed by atoms with van der Waals surface area (Å²) in [5.41, 5.74) is 3.59. The van der Waals surface area contributed by atoms with Crippen LogP contribution in [0.4, 0.5) is 0 Å². The number of phenols is 1. The van der Waals surface area contributed by atoms with Gasteiger partial charge in [-0.1, -0.05) is 53.5 Å². The zero-order chi connectivity index (χ0) is 16.2. The minimum atomic E-state index is -0.266. The van der Waals surface area contributed by atoms with Crippen molar-refractivity contribution in [2.24, 2.45) is 0 Å². The Balaban J connectivity index is 2.01. The van der Waals surface area contributed by atoms with Crippen molar-refractivity contribution in [1.29, 1.82) is 0 Å². The second kappa shape index (κ2) is 5.12. The van der Waals surface area contributed by atoms with Crippen molar-refractivity contribution in [2.45, 2.75) is 24.7 Å². The average molecular weight is 345 g/mol. The van der Waals surface area contributed by atoms with Crippen LogP contribution in [-0.2, 0) is 16.6 Å². The highest BCUT2D eigenvalue weighted by molar-refractivity contribution is 6.44. The molecule has 0 bridgehead atoms. The van der Waals surface area contributed by atoms with E-state index in [9.17, 15) is 9.90 Å². The van der Waals surface area contributed by atoms with Crippen molar-refractivity contribution >= 4 is 34.6 Å². The maximum absolute atomic E-state index is 12.1. The van der Waals surface area contributed by atoms with Gasteiger partial charge in [0.15, 0.2) is 5.78 Å². The van der Waals surface area contributed by atoms with E-state index in [1.807, 2.05) is 18.2 Å². The maximum atomic E-state index is 12.1. The van der Waals surface area contributed by atoms with E-state index < -0.39 is 0 Å². The number of hydrogen-bond donors (Lipinski definition) is 1. The van der Waals surface area contributed by atoms with Crippen LogP contribution in [0.3, 0.4) is 0 Å². The summed E-state index contributed by atoms with van der Waals surface area (Å²) in [4.78, 5) is 12.1. The summed E-state index contributed by atoms with van der Waals surface area (Å²) < 4.78 is 0. The summed E-state index contributed by atoms with van der Waals surface area (Å²) in [6, 6.07) is 11.9. The van der Waals surface area contributed by atoms with Crippen molar-refractivity contribution in [2.75, 3.05) is 0 Å². The Morgan fingerprint density at radius 1 is 1.09 bits per heavy atom. The summed E-state index contributed by atoms with van der Waals surface area (Å²) >= 11 is 12.5. The number of allylic oxidation sites excluding steroid dienone is 2. The third-order valence-electron chi connectivity index (χ3n) is 4.98. The number of carbonyl (C=O) groups excluding carboxylic acids is 1. The summed E-state index contributed by atoms with van der Waals surface area (Å²) in [7, 11) is 0. The number of fused-ring (bicyclic) bond motifs is 3. The molecule has 23 heavy (non-hydrogen) atoms. The van der Waals surface area contributed by atoms with Gasteiger partial charge in [0, 0.05) is 17.4 Å². The number of aromatic hydroxyl groups is 1. The Morgan fingerprint density at radius 3 is 2.57 bits per heavy atom. The van der Waals surface area contributed by atoms with E-state index in [0.29, 0.717) is 11.4 Å². The highest BCUT2D eigenvalue weighted by Gasteiger charge is 2.46. The van der Waals surface area contributed by atoms with E-state index in [4.69, 9.17) is 23.2 Å². The van der Waals surface area contributed by atoms with Gasteiger partial charge in [0.05, 0.1) is 5.02 Å². The first-order chi connectivity index (χ1) is 11.0. The summed E-state index contributed by atoms with van der Waals surface area (Å²) in [6.45, 7) is 0. The van der Waals surface area contributed by atoms with E-state index in [0.717, 1.165) is 29.5 Å². The third-order valence-corrected chi connectivity index (χ3v) is 5.83. The zero-order valence-electron chi connectivity index (χ0n) is 12.3. The first-order valence-electron chi connectivity index (χ1n) is 7.54. The molecule has 0 radical (unpaired) electrons. The predicted octanol–water partition coefficient (Wildman–Crippen LogP) is 4.94. The fourth-order valence-corrected chi connectivity index (χ4v) is 4.39. The molecule has 1 unspecified atom stereocenters. The molecule has 0 fully saturated rings. The molecule has 116 valence electrons. The zero-order valence-corrected chi connectivity index (χ0v) is 13.8. The van der Waals surface area contributed by atoms with Gasteiger partial charge < -0.3 is 5.11 Å². The fourth-order valence-electron chi connectivity index (χ4n) is 3.92. The van der Waals surface area contributed by atoms with Crippen LogP contribution < -0.4 is 0 Å². The molecule has 1 atom stereocenters. The molecular weight excluding hydrogens is 331 g/mol. The molecule has 0 spiro atoms. The van der Waals surface area contributed by atoms with Gasteiger partial charge in [0.1, 0.15) is 10.8 Å². The molecular formula is C19H14Cl2O2. The Morgan fingerprint density at radius 2 is 1.83 bits per heavy atom. The Bertz CT molecular complexity index is 855. The van der Waals surface area contributed by atoms with Crippen LogP contribution in [0.5, 0.6) is 5.75 Å². The van der Waals surface area contributed by atoms with E-state index in [1.54, 1.807) is 12.1 Å². The van der Waals surface area contributed by atoms with Crippen molar-refractivity contribution in [3.05, 3.63) is 69.2 Å². The lowest BCUT2D eigenvalue weighted by atomic mass is 9.68. The van der Waals surface area contributed by atoms with E-state index >= 15 is 0 Å². The normalized spacial score (nSPS) is 22.5. The molecule has 0 saturated heterocycles. The summed E-state index contributed by atoms with van der Waals surface area (Å²) in [5.74, 6) is 0.101. The predicted molar refractivity (Wildman–Crippen MR) is 92.2 cm³/mol. The first-order valence-corrected chi connectivity index (χ1v) is 8.29. The Hall–Kier alpha value is -1.77. The minimum absolute atomic E-state index is 0.01000. The van der Waals surface area contributed by atoms with Gasteiger partial charge in [0.2, 0.25) is 0 Å². The van der Waals surface area contributed by atoms with Gasteiger partial charge in [0.25, 0.3) is 0 Å². The van der Waals surface area contributed by atoms with Crippen LogP contribution in [0.1, 0.15) is 29.5 Å². The molecule has 2 nitrogen and oxygen atoms in total. The van der Waals surface area contributed by atoms with Crippen molar-refractivity contribution < 1.29 is 9.90 Å². The highest BCUT2D eigenvalue weighted by Crippen LogP contribution is 2.57. The largest absolute Gasteiger partial charge is 0.506 e. The molecule has 0 saturated carbocycles. The van der Waals surface area contributed by atoms with Gasteiger partial charge in [-0.25, -0.2) is 0 Å². The molecule has 2 aliphatic rings. The van der Waals surface area contributed by atoms with Crippen LogP contribution >= 0.6 is 23.2 Å². The van der Waals surface area contributed by atoms with Gasteiger partial charge in [-0.2, -0.15) is 0 Å². The quantitative estimate of drug-likeness (QED) is 0.795. The Kier molecular flexibility index (Phi) is 3.29. The SMILES string of the molecule is O=C1C=C2c3c(cc(O)c(Cl)c3Cl)CC2(c2ccccc2)CC1. The Labute approximate surface area is 144 Å². The second-order valence-corrected chi connectivity index (χ2v) is 6.96. The lowest BCUT2D eigenvalue weighted by Gasteiger charge is -2.34. The molecule has 2 aromatic carbocycles. The molecule has 0 heterocycles. The number of phenolic OH excluding ortho intramolecular Hbond substituents is 1. The number of benzene rings is 2. The van der Waals surface area contributed by atoms with Gasteiger partial charge in [-0.05, 0) is 41.7 Å². The molecule has 0 aliphatic heterocycles. The highest BCUT2D eigenvalue weighted by atomic mass is 35.5. The molecule has 4 rings (SSSR count). The fraction of sp³-hybridized carbons (Fsp3) is 0.211. The molecule has 1 N–H and O–H groups in total. The van der Waals surface area contributed by atoms with E-state index in [-0.39, 0.29) is 22.0 Å². The molecule has 2 aliphatic carbocycles. The standard InChI is InChI=1S/C19H14Cl2O2/c20-17-15(23)8-11-10-19(12-4-2-1-3-5-12)7-6-13(22)9-14(19)16(11)18(17)21/h1-5,8-9,23H,6-7,10H2. The van der Waals surface area contributed by atoms with Crippen molar-refractivity contribution in [3.63, 3.8) is 0 Å². The smallest absolute Gasteiger partial charge is 0.156 e. The van der Waals surface area contributed by atoms with E-state index in [2.05, 4.69) is 12.1 Å². The van der Waals surface area contributed by atoms with Crippen LogP contribution in [0.2, 0.25) is 10.0 Å². The molecule has 0 amide bonds. The second-order valence-electron chi connectivity index (χ2n) is 6.21. The monoisotopic (exact) mass is 344 g/mol. The first kappa shape index (κ1) is 14.8. The van der Waals surface area contributed by atoms with Crippen LogP contribution in [0.25, 0.3) is 5.57 Å². The molecule has 0 aromatic heterocycles.